The van der Waals surface area contributed by atoms with Crippen LogP contribution in [0.1, 0.15) is 18.1 Å². The van der Waals surface area contributed by atoms with E-state index in [1.165, 1.54) is 0 Å². The van der Waals surface area contributed by atoms with Gasteiger partial charge in [0, 0.05) is 29.8 Å². The summed E-state index contributed by atoms with van der Waals surface area (Å²) in [5.74, 6) is 0. The summed E-state index contributed by atoms with van der Waals surface area (Å²) in [5.41, 5.74) is 5.32. The van der Waals surface area contributed by atoms with Gasteiger partial charge < -0.3 is 4.57 Å². The standard InChI is InChI=1S/C28H25N3O2/c1-3-30-25-15-14-23(17-24(25)20(2)16-27(30)32)31-26(22-12-8-5-9-13-22)19-29(28(31)33)18-21-10-6-4-7-11-21/h4-17,19H,3,18H2,1-2H3. The lowest BCUT2D eigenvalue weighted by atomic mass is 10.1. The van der Waals surface area contributed by atoms with Crippen molar-refractivity contribution in [3.63, 3.8) is 0 Å². The van der Waals surface area contributed by atoms with Gasteiger partial charge in [-0.05, 0) is 43.2 Å². The molecule has 3 aromatic carbocycles. The Morgan fingerprint density at radius 2 is 1.52 bits per heavy atom. The molecule has 0 unspecified atom stereocenters. The van der Waals surface area contributed by atoms with Crippen LogP contribution in [0.4, 0.5) is 0 Å². The van der Waals surface area contributed by atoms with Crippen LogP contribution in [-0.4, -0.2) is 13.7 Å². The summed E-state index contributed by atoms with van der Waals surface area (Å²) in [6.07, 6.45) is 1.93. The van der Waals surface area contributed by atoms with Gasteiger partial charge in [0.1, 0.15) is 0 Å². The first-order chi connectivity index (χ1) is 16.1. The summed E-state index contributed by atoms with van der Waals surface area (Å²) >= 11 is 0. The zero-order valence-corrected chi connectivity index (χ0v) is 18.7. The topological polar surface area (TPSA) is 48.9 Å². The van der Waals surface area contributed by atoms with Crippen LogP contribution in [0.3, 0.4) is 0 Å². The molecule has 0 saturated heterocycles. The van der Waals surface area contributed by atoms with E-state index in [0.717, 1.165) is 39.0 Å². The Morgan fingerprint density at radius 1 is 0.818 bits per heavy atom. The molecule has 2 heterocycles. The number of nitrogens with zero attached hydrogens (tertiary/aromatic N) is 3. The van der Waals surface area contributed by atoms with Gasteiger partial charge in [0.2, 0.25) is 0 Å². The number of benzene rings is 3. The minimum Gasteiger partial charge on any atom is -0.309 e. The maximum atomic E-state index is 13.6. The lowest BCUT2D eigenvalue weighted by Gasteiger charge is -2.13. The minimum absolute atomic E-state index is 0.00796. The maximum Gasteiger partial charge on any atom is 0.333 e. The maximum absolute atomic E-state index is 13.6. The van der Waals surface area contributed by atoms with Gasteiger partial charge in [0.25, 0.3) is 5.56 Å². The van der Waals surface area contributed by atoms with Crippen LogP contribution < -0.4 is 11.2 Å². The molecule has 0 aliphatic carbocycles. The van der Waals surface area contributed by atoms with Gasteiger partial charge in [-0.2, -0.15) is 0 Å². The number of imidazole rings is 1. The highest BCUT2D eigenvalue weighted by molar-refractivity contribution is 5.85. The molecule has 5 nitrogen and oxygen atoms in total. The molecule has 0 aliphatic rings. The van der Waals surface area contributed by atoms with Crippen molar-refractivity contribution in [3.8, 4) is 16.9 Å². The van der Waals surface area contributed by atoms with Crippen molar-refractivity contribution in [2.75, 3.05) is 0 Å². The second-order valence-electron chi connectivity index (χ2n) is 8.22. The summed E-state index contributed by atoms with van der Waals surface area (Å²) in [7, 11) is 0. The van der Waals surface area contributed by atoms with Crippen molar-refractivity contribution in [2.24, 2.45) is 0 Å². The highest BCUT2D eigenvalue weighted by Gasteiger charge is 2.16. The van der Waals surface area contributed by atoms with E-state index in [9.17, 15) is 9.59 Å². The molecular formula is C28H25N3O2. The molecule has 5 rings (SSSR count). The summed E-state index contributed by atoms with van der Waals surface area (Å²) < 4.78 is 5.27. The van der Waals surface area contributed by atoms with E-state index in [4.69, 9.17) is 0 Å². The summed E-state index contributed by atoms with van der Waals surface area (Å²) in [4.78, 5) is 26.1. The fourth-order valence-electron chi connectivity index (χ4n) is 4.45. The van der Waals surface area contributed by atoms with E-state index < -0.39 is 0 Å². The predicted octanol–water partition coefficient (Wildman–Crippen LogP) is 5.00. The van der Waals surface area contributed by atoms with Crippen LogP contribution in [0, 0.1) is 6.92 Å². The fraction of sp³-hybridized carbons (Fsp3) is 0.143. The molecule has 0 N–H and O–H groups in total. The third kappa shape index (κ3) is 3.72. The van der Waals surface area contributed by atoms with E-state index in [2.05, 4.69) is 0 Å². The van der Waals surface area contributed by atoms with E-state index >= 15 is 0 Å². The second-order valence-corrected chi connectivity index (χ2v) is 8.22. The smallest absolute Gasteiger partial charge is 0.309 e. The van der Waals surface area contributed by atoms with Gasteiger partial charge in [0.05, 0.1) is 23.4 Å². The zero-order valence-electron chi connectivity index (χ0n) is 18.7. The number of hydrogen-bond acceptors (Lipinski definition) is 2. The van der Waals surface area contributed by atoms with Crippen LogP contribution in [0.15, 0.2) is 101 Å². The molecule has 0 saturated carbocycles. The van der Waals surface area contributed by atoms with Crippen LogP contribution in [-0.2, 0) is 13.1 Å². The monoisotopic (exact) mass is 435 g/mol. The molecule has 0 spiro atoms. The number of aryl methyl sites for hydroxylation is 2. The number of fused-ring (bicyclic) bond motifs is 1. The fourth-order valence-corrected chi connectivity index (χ4v) is 4.45. The lowest BCUT2D eigenvalue weighted by molar-refractivity contribution is 0.742. The Balaban J connectivity index is 1.74. The molecule has 5 heteroatoms. The lowest BCUT2D eigenvalue weighted by Crippen LogP contribution is -2.24. The first kappa shape index (κ1) is 20.8. The summed E-state index contributed by atoms with van der Waals surface area (Å²) in [5, 5.41) is 0.968. The summed E-state index contributed by atoms with van der Waals surface area (Å²) in [6.45, 7) is 4.99. The Bertz CT molecular complexity index is 1560. The largest absolute Gasteiger partial charge is 0.333 e. The van der Waals surface area contributed by atoms with Crippen molar-refractivity contribution in [2.45, 2.75) is 26.9 Å². The van der Waals surface area contributed by atoms with Gasteiger partial charge in [-0.3, -0.25) is 13.9 Å². The van der Waals surface area contributed by atoms with Crippen molar-refractivity contribution in [1.29, 1.82) is 0 Å². The van der Waals surface area contributed by atoms with Crippen LogP contribution >= 0.6 is 0 Å². The van der Waals surface area contributed by atoms with Gasteiger partial charge in [0.15, 0.2) is 0 Å². The van der Waals surface area contributed by atoms with Gasteiger partial charge in [-0.25, -0.2) is 4.79 Å². The first-order valence-electron chi connectivity index (χ1n) is 11.1. The average Bonchev–Trinajstić information content (AvgIpc) is 3.16. The highest BCUT2D eigenvalue weighted by atomic mass is 16.1. The molecule has 0 amide bonds. The summed E-state index contributed by atoms with van der Waals surface area (Å²) in [6, 6.07) is 27.5. The molecule has 0 fully saturated rings. The van der Waals surface area contributed by atoms with Crippen molar-refractivity contribution in [3.05, 3.63) is 123 Å². The van der Waals surface area contributed by atoms with Crippen LogP contribution in [0.5, 0.6) is 0 Å². The molecule has 2 aromatic heterocycles. The Labute approximate surface area is 191 Å². The molecule has 5 aromatic rings. The molecule has 0 atom stereocenters. The quantitative estimate of drug-likeness (QED) is 0.390. The third-order valence-corrected chi connectivity index (χ3v) is 6.10. The number of aromatic nitrogens is 3. The van der Waals surface area contributed by atoms with Crippen LogP contribution in [0.2, 0.25) is 0 Å². The molecule has 0 radical (unpaired) electrons. The Kier molecular flexibility index (Phi) is 5.31. The predicted molar refractivity (Wildman–Crippen MR) is 133 cm³/mol. The van der Waals surface area contributed by atoms with E-state index in [0.29, 0.717) is 13.1 Å². The van der Waals surface area contributed by atoms with E-state index in [1.54, 1.807) is 19.8 Å². The highest BCUT2D eigenvalue weighted by Crippen LogP contribution is 2.25. The van der Waals surface area contributed by atoms with Crippen molar-refractivity contribution < 1.29 is 0 Å². The van der Waals surface area contributed by atoms with Crippen LogP contribution in [0.25, 0.3) is 27.8 Å². The van der Waals surface area contributed by atoms with Gasteiger partial charge in [-0.15, -0.1) is 0 Å². The normalized spacial score (nSPS) is 11.2. The van der Waals surface area contributed by atoms with Gasteiger partial charge >= 0.3 is 5.69 Å². The van der Waals surface area contributed by atoms with E-state index in [-0.39, 0.29) is 11.2 Å². The SMILES string of the molecule is CCn1c(=O)cc(C)c2cc(-n3c(-c4ccccc4)cn(Cc4ccccc4)c3=O)ccc21. The molecule has 164 valence electrons. The second kappa shape index (κ2) is 8.43. The molecule has 0 bridgehead atoms. The van der Waals surface area contributed by atoms with E-state index in [1.807, 2.05) is 98.9 Å². The number of hydrogen-bond donors (Lipinski definition) is 0. The Morgan fingerprint density at radius 3 is 2.21 bits per heavy atom. The minimum atomic E-state index is -0.0986. The number of pyridine rings is 1. The first-order valence-corrected chi connectivity index (χ1v) is 11.1. The molecular weight excluding hydrogens is 410 g/mol. The zero-order chi connectivity index (χ0) is 22.9. The average molecular weight is 436 g/mol. The van der Waals surface area contributed by atoms with Gasteiger partial charge in [-0.1, -0.05) is 60.7 Å². The number of rotatable bonds is 5. The Hall–Kier alpha value is -4.12. The van der Waals surface area contributed by atoms with Crippen molar-refractivity contribution >= 4 is 10.9 Å². The van der Waals surface area contributed by atoms with Crippen molar-refractivity contribution in [1.82, 2.24) is 13.7 Å². The molecule has 33 heavy (non-hydrogen) atoms. The molecule has 0 aliphatic heterocycles. The third-order valence-electron chi connectivity index (χ3n) is 6.10.